The van der Waals surface area contributed by atoms with E-state index in [-0.39, 0.29) is 23.1 Å². The normalized spacial score (nSPS) is 15.0. The molecule has 1 aliphatic carbocycles. The lowest BCUT2D eigenvalue weighted by Gasteiger charge is -2.34. The number of H-pyrrole nitrogens is 1. The smallest absolute Gasteiger partial charge is 0.261 e. The molecular weight excluding hydrogens is 350 g/mol. The minimum Gasteiger partial charge on any atom is -0.330 e. The minimum atomic E-state index is -0.378. The van der Waals surface area contributed by atoms with E-state index in [1.165, 1.54) is 6.42 Å². The fourth-order valence-electron chi connectivity index (χ4n) is 3.68. The number of carbonyl (C=O) groups is 1. The highest BCUT2D eigenvalue weighted by Gasteiger charge is 2.30. The second-order valence-electron chi connectivity index (χ2n) is 6.94. The van der Waals surface area contributed by atoms with Crippen molar-refractivity contribution >= 4 is 17.5 Å². The first-order chi connectivity index (χ1) is 12.5. The molecule has 2 aromatic rings. The van der Waals surface area contributed by atoms with Crippen LogP contribution in [-0.2, 0) is 6.54 Å². The maximum absolute atomic E-state index is 13.4. The Balaban J connectivity index is 2.00. The van der Waals surface area contributed by atoms with Gasteiger partial charge in [-0.1, -0.05) is 36.9 Å². The van der Waals surface area contributed by atoms with Crippen LogP contribution in [0.3, 0.4) is 0 Å². The van der Waals surface area contributed by atoms with Crippen LogP contribution in [0.1, 0.15) is 59.4 Å². The van der Waals surface area contributed by atoms with Gasteiger partial charge in [0.2, 0.25) is 0 Å². The minimum absolute atomic E-state index is 0.122. The highest BCUT2D eigenvalue weighted by atomic mass is 35.5. The molecular formula is C20H24ClN3O2. The predicted molar refractivity (Wildman–Crippen MR) is 103 cm³/mol. The third-order valence-corrected chi connectivity index (χ3v) is 5.68. The largest absolute Gasteiger partial charge is 0.330 e. The van der Waals surface area contributed by atoms with Crippen LogP contribution < -0.4 is 5.56 Å². The first-order valence-corrected chi connectivity index (χ1v) is 9.46. The molecule has 0 spiro atoms. The first-order valence-electron chi connectivity index (χ1n) is 9.09. The standard InChI is InChI=1S/C20H24ClN3O2/c1-13-17(19(25)23-14(2)18(13)21)20(26)24(16-9-4-3-5-10-16)12-15-8-6-7-11-22-15/h6-8,11,16H,3-5,9-10,12H2,1-2H3,(H,23,25). The van der Waals surface area contributed by atoms with Gasteiger partial charge in [0.05, 0.1) is 17.3 Å². The molecule has 26 heavy (non-hydrogen) atoms. The highest BCUT2D eigenvalue weighted by Crippen LogP contribution is 2.27. The lowest BCUT2D eigenvalue weighted by atomic mass is 9.93. The van der Waals surface area contributed by atoms with Crippen molar-refractivity contribution in [3.63, 3.8) is 0 Å². The van der Waals surface area contributed by atoms with E-state index in [0.29, 0.717) is 22.8 Å². The van der Waals surface area contributed by atoms with Gasteiger partial charge in [-0.25, -0.2) is 0 Å². The molecule has 0 saturated heterocycles. The molecule has 3 rings (SSSR count). The molecule has 2 aromatic heterocycles. The topological polar surface area (TPSA) is 66.1 Å². The Labute approximate surface area is 158 Å². The molecule has 1 fully saturated rings. The third-order valence-electron chi connectivity index (χ3n) is 5.11. The van der Waals surface area contributed by atoms with E-state index in [1.54, 1.807) is 20.0 Å². The second-order valence-corrected chi connectivity index (χ2v) is 7.32. The van der Waals surface area contributed by atoms with E-state index in [1.807, 2.05) is 23.1 Å². The zero-order valence-electron chi connectivity index (χ0n) is 15.2. The van der Waals surface area contributed by atoms with Crippen LogP contribution in [-0.4, -0.2) is 26.8 Å². The van der Waals surface area contributed by atoms with Crippen LogP contribution in [0.5, 0.6) is 0 Å². The number of rotatable bonds is 4. The molecule has 1 aliphatic rings. The lowest BCUT2D eigenvalue weighted by Crippen LogP contribution is -2.43. The van der Waals surface area contributed by atoms with Gasteiger partial charge in [-0.3, -0.25) is 14.6 Å². The van der Waals surface area contributed by atoms with Gasteiger partial charge in [0, 0.05) is 17.9 Å². The number of aryl methyl sites for hydroxylation is 1. The van der Waals surface area contributed by atoms with E-state index >= 15 is 0 Å². The molecule has 1 saturated carbocycles. The Hall–Kier alpha value is -2.14. The maximum atomic E-state index is 13.4. The zero-order chi connectivity index (χ0) is 18.7. The van der Waals surface area contributed by atoms with E-state index in [9.17, 15) is 9.59 Å². The summed E-state index contributed by atoms with van der Waals surface area (Å²) in [5.41, 5.74) is 1.71. The summed E-state index contributed by atoms with van der Waals surface area (Å²) >= 11 is 6.30. The van der Waals surface area contributed by atoms with Crippen LogP contribution in [0.4, 0.5) is 0 Å². The number of amides is 1. The van der Waals surface area contributed by atoms with Crippen molar-refractivity contribution in [3.05, 3.63) is 62.3 Å². The van der Waals surface area contributed by atoms with E-state index in [2.05, 4.69) is 9.97 Å². The number of hydrogen-bond donors (Lipinski definition) is 1. The molecule has 6 heteroatoms. The Bertz CT molecular complexity index is 842. The zero-order valence-corrected chi connectivity index (χ0v) is 16.0. The Morgan fingerprint density at radius 2 is 2.00 bits per heavy atom. The molecule has 0 unspecified atom stereocenters. The number of aromatic nitrogens is 2. The number of aromatic amines is 1. The fourth-order valence-corrected chi connectivity index (χ4v) is 3.82. The summed E-state index contributed by atoms with van der Waals surface area (Å²) in [5.74, 6) is -0.261. The number of nitrogens with zero attached hydrogens (tertiary/aromatic N) is 2. The quantitative estimate of drug-likeness (QED) is 0.880. The monoisotopic (exact) mass is 373 g/mol. The van der Waals surface area contributed by atoms with Crippen molar-refractivity contribution < 1.29 is 4.79 Å². The van der Waals surface area contributed by atoms with Crippen molar-refractivity contribution in [2.24, 2.45) is 0 Å². The average Bonchev–Trinajstić information content (AvgIpc) is 2.65. The molecule has 2 heterocycles. The predicted octanol–water partition coefficient (Wildman–Crippen LogP) is 4.02. The molecule has 0 aromatic carbocycles. The van der Waals surface area contributed by atoms with E-state index in [4.69, 9.17) is 11.6 Å². The number of halogens is 1. The summed E-state index contributed by atoms with van der Waals surface area (Å²) in [7, 11) is 0. The molecule has 1 amide bonds. The molecule has 138 valence electrons. The SMILES string of the molecule is Cc1[nH]c(=O)c(C(=O)N(Cc2ccccn2)C2CCCCC2)c(C)c1Cl. The van der Waals surface area contributed by atoms with Gasteiger partial charge < -0.3 is 9.88 Å². The van der Waals surface area contributed by atoms with Crippen molar-refractivity contribution in [1.29, 1.82) is 0 Å². The van der Waals surface area contributed by atoms with Crippen LogP contribution in [0.15, 0.2) is 29.2 Å². The van der Waals surface area contributed by atoms with Gasteiger partial charge in [-0.2, -0.15) is 0 Å². The summed E-state index contributed by atoms with van der Waals surface area (Å²) in [6.07, 6.45) is 7.02. The van der Waals surface area contributed by atoms with Crippen molar-refractivity contribution in [2.75, 3.05) is 0 Å². The summed E-state index contributed by atoms with van der Waals surface area (Å²) in [4.78, 5) is 34.8. The molecule has 0 atom stereocenters. The summed E-state index contributed by atoms with van der Waals surface area (Å²) in [6.45, 7) is 3.87. The van der Waals surface area contributed by atoms with Crippen molar-refractivity contribution in [1.82, 2.24) is 14.9 Å². The molecule has 1 N–H and O–H groups in total. The van der Waals surface area contributed by atoms with Gasteiger partial charge >= 0.3 is 0 Å². The van der Waals surface area contributed by atoms with Crippen LogP contribution in [0.25, 0.3) is 0 Å². The second kappa shape index (κ2) is 8.04. The Morgan fingerprint density at radius 1 is 1.27 bits per heavy atom. The first kappa shape index (κ1) is 18.6. The molecule has 5 nitrogen and oxygen atoms in total. The molecule has 0 radical (unpaired) electrons. The van der Waals surface area contributed by atoms with Crippen LogP contribution in [0, 0.1) is 13.8 Å². The van der Waals surface area contributed by atoms with Crippen molar-refractivity contribution in [3.8, 4) is 0 Å². The number of carbonyl (C=O) groups excluding carboxylic acids is 1. The van der Waals surface area contributed by atoms with Gasteiger partial charge in [-0.05, 0) is 44.4 Å². The van der Waals surface area contributed by atoms with Crippen LogP contribution in [0.2, 0.25) is 5.02 Å². The van der Waals surface area contributed by atoms with Gasteiger partial charge in [0.25, 0.3) is 11.5 Å². The summed E-state index contributed by atoms with van der Waals surface area (Å²) < 4.78 is 0. The van der Waals surface area contributed by atoms with E-state index < -0.39 is 0 Å². The average molecular weight is 374 g/mol. The summed E-state index contributed by atoms with van der Waals surface area (Å²) in [6, 6.07) is 5.79. The number of hydrogen-bond acceptors (Lipinski definition) is 3. The maximum Gasteiger partial charge on any atom is 0.261 e. The van der Waals surface area contributed by atoms with Crippen LogP contribution >= 0.6 is 11.6 Å². The Kier molecular flexibility index (Phi) is 5.77. The third kappa shape index (κ3) is 3.83. The Morgan fingerprint density at radius 3 is 2.65 bits per heavy atom. The fraction of sp³-hybridized carbons (Fsp3) is 0.450. The van der Waals surface area contributed by atoms with Gasteiger partial charge in [0.15, 0.2) is 0 Å². The number of pyridine rings is 2. The molecule has 0 bridgehead atoms. The lowest BCUT2D eigenvalue weighted by molar-refractivity contribution is 0.0608. The van der Waals surface area contributed by atoms with E-state index in [0.717, 1.165) is 31.4 Å². The summed E-state index contributed by atoms with van der Waals surface area (Å²) in [5, 5.41) is 0.439. The number of nitrogens with one attached hydrogen (secondary N) is 1. The molecule has 0 aliphatic heterocycles. The van der Waals surface area contributed by atoms with Gasteiger partial charge in [0.1, 0.15) is 5.56 Å². The van der Waals surface area contributed by atoms with Gasteiger partial charge in [-0.15, -0.1) is 0 Å². The van der Waals surface area contributed by atoms with Crippen molar-refractivity contribution in [2.45, 2.75) is 58.5 Å². The highest BCUT2D eigenvalue weighted by molar-refractivity contribution is 6.32.